The Morgan fingerprint density at radius 2 is 1.36 bits per heavy atom. The maximum atomic E-state index is 14.3. The molecule has 3 aromatic carbocycles. The van der Waals surface area contributed by atoms with Gasteiger partial charge in [-0.25, -0.2) is 8.42 Å². The zero-order chi connectivity index (χ0) is 28.5. The van der Waals surface area contributed by atoms with Gasteiger partial charge in [0, 0.05) is 12.2 Å². The van der Waals surface area contributed by atoms with E-state index in [1.54, 1.807) is 12.1 Å². The lowest BCUT2D eigenvalue weighted by atomic mass is 9.88. The lowest BCUT2D eigenvalue weighted by molar-refractivity contribution is -0.392. The zero-order valence-corrected chi connectivity index (χ0v) is 21.4. The molecule has 1 saturated carbocycles. The maximum absolute atomic E-state index is 14.3. The van der Waals surface area contributed by atoms with E-state index in [2.05, 4.69) is 0 Å². The number of alkyl halides is 6. The second-order valence-corrected chi connectivity index (χ2v) is 11.9. The summed E-state index contributed by atoms with van der Waals surface area (Å²) in [6.07, 6.45) is -11.4. The lowest BCUT2D eigenvalue weighted by Crippen LogP contribution is -2.55. The van der Waals surface area contributed by atoms with Crippen molar-refractivity contribution in [1.29, 1.82) is 0 Å². The standard InChI is InChI=1S/C28H26F6O4S/c29-27(30,31)26(28(32,33)34,38-19-20-7-3-1-4-8-20)23-13-11-22(12-14-23)25(16-15-21(17-25)18-35)39(36,37)24-9-5-2-6-10-24/h1-14,21,35H,15-19H2. The van der Waals surface area contributed by atoms with Crippen molar-refractivity contribution < 1.29 is 44.6 Å². The van der Waals surface area contributed by atoms with Crippen molar-refractivity contribution in [1.82, 2.24) is 0 Å². The van der Waals surface area contributed by atoms with Gasteiger partial charge in [-0.3, -0.25) is 0 Å². The van der Waals surface area contributed by atoms with Crippen LogP contribution < -0.4 is 0 Å². The first-order valence-electron chi connectivity index (χ1n) is 12.1. The van der Waals surface area contributed by atoms with E-state index in [4.69, 9.17) is 4.74 Å². The number of hydrogen-bond acceptors (Lipinski definition) is 4. The Hall–Kier alpha value is -2.89. The molecule has 0 saturated heterocycles. The molecule has 2 atom stereocenters. The lowest BCUT2D eigenvalue weighted by Gasteiger charge is -2.38. The summed E-state index contributed by atoms with van der Waals surface area (Å²) in [7, 11) is -4.13. The molecule has 4 rings (SSSR count). The van der Waals surface area contributed by atoms with Gasteiger partial charge in [0.05, 0.1) is 11.5 Å². The summed E-state index contributed by atoms with van der Waals surface area (Å²) in [5.74, 6) is -0.401. The van der Waals surface area contributed by atoms with Gasteiger partial charge in [0.1, 0.15) is 4.75 Å². The fraction of sp³-hybridized carbons (Fsp3) is 0.357. The first-order valence-corrected chi connectivity index (χ1v) is 13.6. The molecule has 0 amide bonds. The number of hydrogen-bond donors (Lipinski definition) is 1. The molecular formula is C28H26F6O4S. The minimum absolute atomic E-state index is 0.0289. The van der Waals surface area contributed by atoms with Crippen molar-refractivity contribution in [3.63, 3.8) is 0 Å². The van der Waals surface area contributed by atoms with Gasteiger partial charge in [-0.1, -0.05) is 72.8 Å². The smallest absolute Gasteiger partial charge is 0.396 e. The fourth-order valence-corrected chi connectivity index (χ4v) is 7.51. The zero-order valence-electron chi connectivity index (χ0n) is 20.5. The summed E-state index contributed by atoms with van der Waals surface area (Å²) < 4.78 is 116. The average Bonchev–Trinajstić information content (AvgIpc) is 3.35. The van der Waals surface area contributed by atoms with Gasteiger partial charge in [0.25, 0.3) is 5.60 Å². The summed E-state index contributed by atoms with van der Waals surface area (Å²) in [4.78, 5) is -0.0289. The van der Waals surface area contributed by atoms with Crippen molar-refractivity contribution in [2.24, 2.45) is 5.92 Å². The second kappa shape index (κ2) is 10.6. The predicted molar refractivity (Wildman–Crippen MR) is 131 cm³/mol. The molecule has 0 aliphatic heterocycles. The van der Waals surface area contributed by atoms with Crippen molar-refractivity contribution in [3.05, 3.63) is 102 Å². The summed E-state index contributed by atoms with van der Waals surface area (Å²) in [5.41, 5.74) is -5.71. The van der Waals surface area contributed by atoms with E-state index in [9.17, 15) is 39.9 Å². The highest BCUT2D eigenvalue weighted by Crippen LogP contribution is 2.55. The Bertz CT molecular complexity index is 1340. The molecule has 4 nitrogen and oxygen atoms in total. The third kappa shape index (κ3) is 5.07. The largest absolute Gasteiger partial charge is 0.430 e. The molecule has 39 heavy (non-hydrogen) atoms. The summed E-state index contributed by atoms with van der Waals surface area (Å²) in [6.45, 7) is -1.27. The van der Waals surface area contributed by atoms with Gasteiger partial charge < -0.3 is 9.84 Å². The molecule has 1 N–H and O–H groups in total. The molecule has 0 aromatic heterocycles. The summed E-state index contributed by atoms with van der Waals surface area (Å²) >= 11 is 0. The molecule has 11 heteroatoms. The van der Waals surface area contributed by atoms with Crippen molar-refractivity contribution in [2.45, 2.75) is 53.5 Å². The number of aliphatic hydroxyl groups excluding tert-OH is 1. The Morgan fingerprint density at radius 3 is 1.85 bits per heavy atom. The van der Waals surface area contributed by atoms with E-state index in [0.717, 1.165) is 12.1 Å². The van der Waals surface area contributed by atoms with Crippen LogP contribution in [0.3, 0.4) is 0 Å². The first kappa shape index (κ1) is 29.1. The second-order valence-electron chi connectivity index (χ2n) is 9.63. The highest BCUT2D eigenvalue weighted by Gasteiger charge is 2.73. The minimum Gasteiger partial charge on any atom is -0.396 e. The van der Waals surface area contributed by atoms with Crippen LogP contribution in [-0.2, 0) is 31.5 Å². The molecule has 3 aromatic rings. The fourth-order valence-electron chi connectivity index (χ4n) is 5.26. The topological polar surface area (TPSA) is 63.6 Å². The summed E-state index contributed by atoms with van der Waals surface area (Å²) in [6, 6.07) is 17.9. The van der Waals surface area contributed by atoms with Gasteiger partial charge in [0.15, 0.2) is 9.84 Å². The van der Waals surface area contributed by atoms with Gasteiger partial charge in [-0.2, -0.15) is 26.3 Å². The molecule has 0 radical (unpaired) electrons. The molecule has 0 spiro atoms. The molecule has 1 fully saturated rings. The van der Waals surface area contributed by atoms with Crippen LogP contribution in [0.1, 0.15) is 36.0 Å². The van der Waals surface area contributed by atoms with Gasteiger partial charge in [-0.05, 0) is 48.4 Å². The Labute approximate surface area is 222 Å². The van der Waals surface area contributed by atoms with Crippen LogP contribution in [0.2, 0.25) is 0 Å². The third-order valence-electron chi connectivity index (χ3n) is 7.32. The van der Waals surface area contributed by atoms with E-state index < -0.39 is 50.6 Å². The Balaban J connectivity index is 1.82. The van der Waals surface area contributed by atoms with Crippen molar-refractivity contribution >= 4 is 9.84 Å². The van der Waals surface area contributed by atoms with Gasteiger partial charge in [0.2, 0.25) is 0 Å². The molecule has 0 heterocycles. The van der Waals surface area contributed by atoms with Gasteiger partial charge in [-0.15, -0.1) is 0 Å². The van der Waals surface area contributed by atoms with Gasteiger partial charge >= 0.3 is 12.4 Å². The van der Waals surface area contributed by atoms with E-state index in [0.29, 0.717) is 18.6 Å². The number of sulfone groups is 1. The van der Waals surface area contributed by atoms with Crippen LogP contribution in [-0.4, -0.2) is 32.5 Å². The van der Waals surface area contributed by atoms with Crippen molar-refractivity contribution in [2.75, 3.05) is 6.61 Å². The number of halogens is 6. The normalized spacial score (nSPS) is 20.7. The number of aliphatic hydroxyl groups is 1. The SMILES string of the molecule is O=S(=O)(c1ccccc1)C1(c2ccc(C(OCc3ccccc3)(C(F)(F)F)C(F)(F)F)cc2)CCC(CO)C1. The number of rotatable bonds is 8. The third-order valence-corrected chi connectivity index (χ3v) is 9.84. The van der Waals surface area contributed by atoms with Crippen LogP contribution in [0.25, 0.3) is 0 Å². The maximum Gasteiger partial charge on any atom is 0.430 e. The molecule has 0 bridgehead atoms. The molecular weight excluding hydrogens is 546 g/mol. The summed E-state index contributed by atoms with van der Waals surface area (Å²) in [5, 5.41) is 9.70. The molecule has 210 valence electrons. The van der Waals surface area contributed by atoms with Crippen LogP contribution in [0.5, 0.6) is 0 Å². The number of benzene rings is 3. The van der Waals surface area contributed by atoms with E-state index in [-0.39, 0.29) is 35.5 Å². The molecule has 1 aliphatic rings. The quantitative estimate of drug-likeness (QED) is 0.306. The molecule has 2 unspecified atom stereocenters. The average molecular weight is 573 g/mol. The van der Waals surface area contributed by atoms with E-state index in [1.807, 2.05) is 0 Å². The van der Waals surface area contributed by atoms with Crippen LogP contribution in [0, 0.1) is 5.92 Å². The van der Waals surface area contributed by atoms with Crippen LogP contribution in [0.15, 0.2) is 89.8 Å². The minimum atomic E-state index is -5.88. The van der Waals surface area contributed by atoms with Crippen LogP contribution >= 0.6 is 0 Å². The van der Waals surface area contributed by atoms with Crippen molar-refractivity contribution in [3.8, 4) is 0 Å². The first-order chi connectivity index (χ1) is 18.3. The highest BCUT2D eigenvalue weighted by molar-refractivity contribution is 7.92. The highest BCUT2D eigenvalue weighted by atomic mass is 32.2. The van der Waals surface area contributed by atoms with E-state index in [1.165, 1.54) is 48.5 Å². The van der Waals surface area contributed by atoms with Crippen LogP contribution in [0.4, 0.5) is 26.3 Å². The predicted octanol–water partition coefficient (Wildman–Crippen LogP) is 6.68. The van der Waals surface area contributed by atoms with E-state index >= 15 is 0 Å². The Morgan fingerprint density at radius 1 is 0.821 bits per heavy atom. The Kier molecular flexibility index (Phi) is 7.90. The monoisotopic (exact) mass is 572 g/mol. The molecule has 1 aliphatic carbocycles. The number of ether oxygens (including phenoxy) is 1.